The highest BCUT2D eigenvalue weighted by atomic mass is 32.2. The predicted molar refractivity (Wildman–Crippen MR) is 73.2 cm³/mol. The third kappa shape index (κ3) is 3.78. The van der Waals surface area contributed by atoms with Crippen LogP contribution in [0.3, 0.4) is 0 Å². The summed E-state index contributed by atoms with van der Waals surface area (Å²) in [7, 11) is 0. The molecule has 2 rings (SSSR count). The Balaban J connectivity index is 1.73. The third-order valence-corrected chi connectivity index (χ3v) is 4.20. The van der Waals surface area contributed by atoms with Gasteiger partial charge in [0.25, 0.3) is 0 Å². The second kappa shape index (κ2) is 5.80. The van der Waals surface area contributed by atoms with Gasteiger partial charge in [-0.15, -0.1) is 0 Å². The van der Waals surface area contributed by atoms with Crippen LogP contribution in [0, 0.1) is 0 Å². The first kappa shape index (κ1) is 13.5. The Hall–Kier alpha value is -0.940. The van der Waals surface area contributed by atoms with Crippen LogP contribution in [0.25, 0.3) is 0 Å². The van der Waals surface area contributed by atoms with Gasteiger partial charge in [0.15, 0.2) is 0 Å². The fourth-order valence-corrected chi connectivity index (χ4v) is 2.85. The molecule has 0 saturated heterocycles. The number of rotatable bonds is 8. The lowest BCUT2D eigenvalue weighted by molar-refractivity contribution is -0.124. The monoisotopic (exact) mass is 268 g/mol. The quantitative estimate of drug-likeness (QED) is 0.707. The van der Waals surface area contributed by atoms with Gasteiger partial charge in [-0.1, -0.05) is 0 Å². The van der Waals surface area contributed by atoms with Crippen LogP contribution in [0.5, 0.6) is 0 Å². The Morgan fingerprint density at radius 3 is 3.00 bits per heavy atom. The summed E-state index contributed by atoms with van der Waals surface area (Å²) < 4.78 is 5.26. The van der Waals surface area contributed by atoms with E-state index in [2.05, 4.69) is 5.32 Å². The van der Waals surface area contributed by atoms with Crippen molar-refractivity contribution >= 4 is 17.7 Å². The minimum absolute atomic E-state index is 0.256. The van der Waals surface area contributed by atoms with Crippen LogP contribution in [0.15, 0.2) is 22.8 Å². The largest absolute Gasteiger partial charge is 0.468 e. The minimum Gasteiger partial charge on any atom is -0.468 e. The zero-order valence-corrected chi connectivity index (χ0v) is 11.5. The van der Waals surface area contributed by atoms with E-state index in [9.17, 15) is 4.79 Å². The van der Waals surface area contributed by atoms with E-state index in [1.165, 1.54) is 0 Å². The molecule has 1 heterocycles. The Kier molecular flexibility index (Phi) is 4.35. The van der Waals surface area contributed by atoms with E-state index >= 15 is 0 Å². The number of hydrogen-bond donors (Lipinski definition) is 2. The van der Waals surface area contributed by atoms with Gasteiger partial charge < -0.3 is 15.5 Å². The maximum absolute atomic E-state index is 11.5. The average Bonchev–Trinajstić information content (AvgIpc) is 2.97. The number of amides is 1. The maximum atomic E-state index is 11.5. The number of nitrogens with two attached hydrogens (primary N) is 1. The molecule has 1 atom stereocenters. The second-order valence-electron chi connectivity index (χ2n) is 5.00. The Morgan fingerprint density at radius 1 is 1.67 bits per heavy atom. The van der Waals surface area contributed by atoms with E-state index in [-0.39, 0.29) is 5.91 Å². The first-order valence-corrected chi connectivity index (χ1v) is 7.43. The molecule has 1 aliphatic carbocycles. The summed E-state index contributed by atoms with van der Waals surface area (Å²) in [5.74, 6) is 2.44. The molecule has 0 aromatic carbocycles. The van der Waals surface area contributed by atoms with Gasteiger partial charge in [0.05, 0.1) is 17.6 Å². The van der Waals surface area contributed by atoms with Gasteiger partial charge in [-0.25, -0.2) is 0 Å². The zero-order chi connectivity index (χ0) is 13.0. The number of hydrogen-bond acceptors (Lipinski definition) is 4. The van der Waals surface area contributed by atoms with Crippen molar-refractivity contribution in [1.29, 1.82) is 0 Å². The molecule has 100 valence electrons. The summed E-state index contributed by atoms with van der Waals surface area (Å²) in [6.45, 7) is 1.90. The van der Waals surface area contributed by atoms with Gasteiger partial charge in [-0.05, 0) is 44.1 Å². The van der Waals surface area contributed by atoms with Crippen molar-refractivity contribution in [2.24, 2.45) is 5.73 Å². The van der Waals surface area contributed by atoms with Crippen LogP contribution < -0.4 is 11.1 Å². The molecular weight excluding hydrogens is 248 g/mol. The van der Waals surface area contributed by atoms with Crippen LogP contribution in [0.2, 0.25) is 0 Å². The van der Waals surface area contributed by atoms with Crippen LogP contribution in [0.1, 0.15) is 31.9 Å². The number of thioether (sulfide) groups is 1. The molecule has 18 heavy (non-hydrogen) atoms. The van der Waals surface area contributed by atoms with Crippen molar-refractivity contribution in [3.05, 3.63) is 24.2 Å². The van der Waals surface area contributed by atoms with Crippen molar-refractivity contribution < 1.29 is 9.21 Å². The summed E-state index contributed by atoms with van der Waals surface area (Å²) >= 11 is 1.76. The van der Waals surface area contributed by atoms with E-state index < -0.39 is 5.54 Å². The van der Waals surface area contributed by atoms with Crippen molar-refractivity contribution in [3.8, 4) is 0 Å². The van der Waals surface area contributed by atoms with Crippen molar-refractivity contribution in [2.75, 3.05) is 5.75 Å². The van der Waals surface area contributed by atoms with E-state index in [1.807, 2.05) is 19.1 Å². The van der Waals surface area contributed by atoms with Gasteiger partial charge >= 0.3 is 0 Å². The van der Waals surface area contributed by atoms with E-state index in [4.69, 9.17) is 10.2 Å². The van der Waals surface area contributed by atoms with Gasteiger partial charge in [-0.2, -0.15) is 11.8 Å². The predicted octanol–water partition coefficient (Wildman–Crippen LogP) is 1.90. The summed E-state index contributed by atoms with van der Waals surface area (Å²) in [4.78, 5) is 11.5. The summed E-state index contributed by atoms with van der Waals surface area (Å²) in [6.07, 6.45) is 4.74. The molecule has 0 bridgehead atoms. The maximum Gasteiger partial charge on any atom is 0.237 e. The number of furan rings is 1. The molecule has 4 nitrogen and oxygen atoms in total. The number of carbonyl (C=O) groups is 1. The van der Waals surface area contributed by atoms with Gasteiger partial charge in [0.2, 0.25) is 5.91 Å². The van der Waals surface area contributed by atoms with Crippen LogP contribution in [0.4, 0.5) is 0 Å². The van der Waals surface area contributed by atoms with Crippen molar-refractivity contribution in [2.45, 2.75) is 43.5 Å². The Bertz CT molecular complexity index is 390. The SMILES string of the molecule is CC(CCSCc1ccco1)(NC1CC1)C(N)=O. The van der Waals surface area contributed by atoms with Crippen molar-refractivity contribution in [1.82, 2.24) is 5.32 Å². The molecule has 1 fully saturated rings. The highest BCUT2D eigenvalue weighted by Crippen LogP contribution is 2.25. The number of carbonyl (C=O) groups excluding carboxylic acids is 1. The molecule has 1 aliphatic rings. The van der Waals surface area contributed by atoms with Crippen LogP contribution in [-0.4, -0.2) is 23.2 Å². The molecule has 0 radical (unpaired) electrons. The zero-order valence-electron chi connectivity index (χ0n) is 10.6. The normalized spacial score (nSPS) is 18.5. The Morgan fingerprint density at radius 2 is 2.44 bits per heavy atom. The fourth-order valence-electron chi connectivity index (χ4n) is 1.79. The molecule has 5 heteroatoms. The molecule has 1 aromatic rings. The van der Waals surface area contributed by atoms with Gasteiger partial charge in [-0.3, -0.25) is 4.79 Å². The lowest BCUT2D eigenvalue weighted by Crippen LogP contribution is -2.54. The lowest BCUT2D eigenvalue weighted by atomic mass is 9.98. The molecule has 1 aromatic heterocycles. The smallest absolute Gasteiger partial charge is 0.237 e. The summed E-state index contributed by atoms with van der Waals surface area (Å²) in [5, 5.41) is 3.35. The molecule has 1 amide bonds. The van der Waals surface area contributed by atoms with Gasteiger partial charge in [0, 0.05) is 6.04 Å². The van der Waals surface area contributed by atoms with E-state index in [1.54, 1.807) is 18.0 Å². The minimum atomic E-state index is -0.572. The first-order valence-electron chi connectivity index (χ1n) is 6.28. The lowest BCUT2D eigenvalue weighted by Gasteiger charge is -2.27. The van der Waals surface area contributed by atoms with Gasteiger partial charge in [0.1, 0.15) is 5.76 Å². The Labute approximate surface area is 112 Å². The number of primary amides is 1. The van der Waals surface area contributed by atoms with Crippen LogP contribution >= 0.6 is 11.8 Å². The average molecular weight is 268 g/mol. The third-order valence-electron chi connectivity index (χ3n) is 3.21. The summed E-state index contributed by atoms with van der Waals surface area (Å²) in [5.41, 5.74) is 4.92. The van der Waals surface area contributed by atoms with E-state index in [0.29, 0.717) is 6.04 Å². The molecule has 1 saturated carbocycles. The molecular formula is C13H20N2O2S. The standard InChI is InChI=1S/C13H20N2O2S/c1-13(12(14)16,15-10-4-5-10)6-8-18-9-11-3-2-7-17-11/h2-3,7,10,15H,4-6,8-9H2,1H3,(H2,14,16). The molecule has 3 N–H and O–H groups in total. The second-order valence-corrected chi connectivity index (χ2v) is 6.10. The van der Waals surface area contributed by atoms with Crippen LogP contribution in [-0.2, 0) is 10.5 Å². The molecule has 1 unspecified atom stereocenters. The highest BCUT2D eigenvalue weighted by molar-refractivity contribution is 7.98. The highest BCUT2D eigenvalue weighted by Gasteiger charge is 2.36. The fraction of sp³-hybridized carbons (Fsp3) is 0.615. The number of nitrogens with one attached hydrogen (secondary N) is 1. The van der Waals surface area contributed by atoms with Crippen molar-refractivity contribution in [3.63, 3.8) is 0 Å². The topological polar surface area (TPSA) is 68.3 Å². The molecule has 0 aliphatic heterocycles. The first-order chi connectivity index (χ1) is 8.60. The summed E-state index contributed by atoms with van der Waals surface area (Å²) in [6, 6.07) is 4.33. The molecule has 0 spiro atoms. The van der Waals surface area contributed by atoms with E-state index in [0.717, 1.165) is 36.5 Å².